The Hall–Kier alpha value is -0.860. The van der Waals surface area contributed by atoms with E-state index in [9.17, 15) is 0 Å². The molecule has 0 amide bonds. The zero-order chi connectivity index (χ0) is 14.4. The molecule has 2 heteroatoms. The van der Waals surface area contributed by atoms with Crippen molar-refractivity contribution < 1.29 is 0 Å². The lowest BCUT2D eigenvalue weighted by molar-refractivity contribution is 0.0652. The quantitative estimate of drug-likeness (QED) is 0.850. The van der Waals surface area contributed by atoms with E-state index in [4.69, 9.17) is 5.73 Å². The van der Waals surface area contributed by atoms with E-state index in [1.807, 2.05) is 0 Å². The maximum atomic E-state index is 6.08. The van der Waals surface area contributed by atoms with E-state index in [1.165, 1.54) is 44.2 Å². The van der Waals surface area contributed by atoms with Crippen LogP contribution in [-0.4, -0.2) is 24.0 Å². The second-order valence-corrected chi connectivity index (χ2v) is 6.14. The first-order chi connectivity index (χ1) is 9.80. The lowest BCUT2D eigenvalue weighted by atomic mass is 9.86. The number of nitrogens with two attached hydrogens (primary N) is 1. The normalized spacial score (nSPS) is 25.6. The van der Waals surface area contributed by atoms with Crippen molar-refractivity contribution in [3.63, 3.8) is 0 Å². The summed E-state index contributed by atoms with van der Waals surface area (Å²) in [5, 5.41) is 0. The minimum absolute atomic E-state index is 0.549. The van der Waals surface area contributed by atoms with Crippen LogP contribution in [0.5, 0.6) is 0 Å². The van der Waals surface area contributed by atoms with Gasteiger partial charge >= 0.3 is 0 Å². The Balaban J connectivity index is 2.16. The van der Waals surface area contributed by atoms with Gasteiger partial charge in [0, 0.05) is 18.6 Å². The molecule has 0 saturated carbocycles. The van der Waals surface area contributed by atoms with Gasteiger partial charge in [-0.3, -0.25) is 4.90 Å². The van der Waals surface area contributed by atoms with E-state index in [0.717, 1.165) is 12.5 Å². The summed E-state index contributed by atoms with van der Waals surface area (Å²) in [6, 6.07) is 12.1. The van der Waals surface area contributed by atoms with Crippen LogP contribution in [0.15, 0.2) is 30.3 Å². The van der Waals surface area contributed by atoms with Gasteiger partial charge in [-0.15, -0.1) is 0 Å². The van der Waals surface area contributed by atoms with Crippen molar-refractivity contribution in [2.24, 2.45) is 11.7 Å². The SMILES string of the molecule is CCCC(c1ccccc1)N1CCC(CC)CC1CN. The van der Waals surface area contributed by atoms with Gasteiger partial charge in [0.1, 0.15) is 0 Å². The zero-order valence-electron chi connectivity index (χ0n) is 13.1. The van der Waals surface area contributed by atoms with Crippen molar-refractivity contribution in [3.05, 3.63) is 35.9 Å². The van der Waals surface area contributed by atoms with Gasteiger partial charge in [0.25, 0.3) is 0 Å². The van der Waals surface area contributed by atoms with Crippen LogP contribution < -0.4 is 5.73 Å². The molecule has 2 nitrogen and oxygen atoms in total. The number of piperidine rings is 1. The summed E-state index contributed by atoms with van der Waals surface area (Å²) >= 11 is 0. The second-order valence-electron chi connectivity index (χ2n) is 6.14. The van der Waals surface area contributed by atoms with Gasteiger partial charge in [0.2, 0.25) is 0 Å². The van der Waals surface area contributed by atoms with Crippen LogP contribution in [0, 0.1) is 5.92 Å². The summed E-state index contributed by atoms with van der Waals surface area (Å²) in [5.41, 5.74) is 7.54. The molecular weight excluding hydrogens is 244 g/mol. The fourth-order valence-electron chi connectivity index (χ4n) is 3.64. The highest BCUT2D eigenvalue weighted by Gasteiger charge is 2.31. The Morgan fingerprint density at radius 1 is 1.25 bits per heavy atom. The van der Waals surface area contributed by atoms with Crippen LogP contribution in [-0.2, 0) is 0 Å². The van der Waals surface area contributed by atoms with Crippen molar-refractivity contribution in [3.8, 4) is 0 Å². The Morgan fingerprint density at radius 2 is 2.00 bits per heavy atom. The summed E-state index contributed by atoms with van der Waals surface area (Å²) in [6.45, 7) is 6.60. The number of likely N-dealkylation sites (tertiary alicyclic amines) is 1. The predicted octanol–water partition coefficient (Wildman–Crippen LogP) is 3.98. The molecule has 1 fully saturated rings. The number of hydrogen-bond donors (Lipinski definition) is 1. The van der Waals surface area contributed by atoms with Crippen molar-refractivity contribution in [1.82, 2.24) is 4.90 Å². The Bertz CT molecular complexity index is 376. The highest BCUT2D eigenvalue weighted by atomic mass is 15.2. The maximum absolute atomic E-state index is 6.08. The molecule has 0 aromatic heterocycles. The molecule has 1 heterocycles. The molecule has 2 rings (SSSR count). The second kappa shape index (κ2) is 7.80. The molecule has 1 aliphatic rings. The fraction of sp³-hybridized carbons (Fsp3) is 0.667. The predicted molar refractivity (Wildman–Crippen MR) is 86.7 cm³/mol. The molecule has 3 atom stereocenters. The average molecular weight is 274 g/mol. The third kappa shape index (κ3) is 3.62. The van der Waals surface area contributed by atoms with Gasteiger partial charge < -0.3 is 5.73 Å². The molecule has 1 saturated heterocycles. The van der Waals surface area contributed by atoms with E-state index in [2.05, 4.69) is 49.1 Å². The number of rotatable bonds is 6. The van der Waals surface area contributed by atoms with E-state index in [1.54, 1.807) is 0 Å². The van der Waals surface area contributed by atoms with Crippen LogP contribution in [0.2, 0.25) is 0 Å². The molecular formula is C18H30N2. The topological polar surface area (TPSA) is 29.3 Å². The summed E-state index contributed by atoms with van der Waals surface area (Å²) in [7, 11) is 0. The van der Waals surface area contributed by atoms with Crippen LogP contribution in [0.1, 0.15) is 57.6 Å². The molecule has 0 bridgehead atoms. The molecule has 112 valence electrons. The van der Waals surface area contributed by atoms with Crippen molar-refractivity contribution >= 4 is 0 Å². The lowest BCUT2D eigenvalue weighted by Crippen LogP contribution is -2.48. The monoisotopic (exact) mass is 274 g/mol. The Kier molecular flexibility index (Phi) is 6.06. The van der Waals surface area contributed by atoms with E-state index in [0.29, 0.717) is 12.1 Å². The summed E-state index contributed by atoms with van der Waals surface area (Å²) < 4.78 is 0. The molecule has 1 aliphatic heterocycles. The molecule has 0 aliphatic carbocycles. The molecule has 1 aromatic carbocycles. The van der Waals surface area contributed by atoms with Crippen molar-refractivity contribution in [2.75, 3.05) is 13.1 Å². The van der Waals surface area contributed by atoms with Crippen molar-refractivity contribution in [2.45, 2.75) is 58.0 Å². The van der Waals surface area contributed by atoms with Crippen molar-refractivity contribution in [1.29, 1.82) is 0 Å². The molecule has 20 heavy (non-hydrogen) atoms. The summed E-state index contributed by atoms with van der Waals surface area (Å²) in [6.07, 6.45) is 6.37. The zero-order valence-corrected chi connectivity index (χ0v) is 13.1. The first-order valence-electron chi connectivity index (χ1n) is 8.30. The number of nitrogens with zero attached hydrogens (tertiary/aromatic N) is 1. The lowest BCUT2D eigenvalue weighted by Gasteiger charge is -2.43. The third-order valence-electron chi connectivity index (χ3n) is 4.87. The number of hydrogen-bond acceptors (Lipinski definition) is 2. The molecule has 2 N–H and O–H groups in total. The van der Waals surface area contributed by atoms with Gasteiger partial charge in [-0.1, -0.05) is 57.0 Å². The van der Waals surface area contributed by atoms with Crippen LogP contribution in [0.4, 0.5) is 0 Å². The van der Waals surface area contributed by atoms with Gasteiger partial charge in [-0.2, -0.15) is 0 Å². The first-order valence-corrected chi connectivity index (χ1v) is 8.30. The Labute approximate surface area is 124 Å². The highest BCUT2D eigenvalue weighted by Crippen LogP contribution is 2.34. The first kappa shape index (κ1) is 15.5. The largest absolute Gasteiger partial charge is 0.329 e. The highest BCUT2D eigenvalue weighted by molar-refractivity contribution is 5.19. The molecule has 1 aromatic rings. The van der Waals surface area contributed by atoms with Gasteiger partial charge in [-0.05, 0) is 37.3 Å². The van der Waals surface area contributed by atoms with Gasteiger partial charge in [0.15, 0.2) is 0 Å². The summed E-state index contributed by atoms with van der Waals surface area (Å²) in [4.78, 5) is 2.69. The van der Waals surface area contributed by atoms with Crippen LogP contribution in [0.3, 0.4) is 0 Å². The van der Waals surface area contributed by atoms with Gasteiger partial charge in [0.05, 0.1) is 0 Å². The molecule has 0 radical (unpaired) electrons. The minimum atomic E-state index is 0.549. The summed E-state index contributed by atoms with van der Waals surface area (Å²) in [5.74, 6) is 0.873. The van der Waals surface area contributed by atoms with E-state index in [-0.39, 0.29) is 0 Å². The average Bonchev–Trinajstić information content (AvgIpc) is 2.53. The fourth-order valence-corrected chi connectivity index (χ4v) is 3.64. The smallest absolute Gasteiger partial charge is 0.0351 e. The standard InChI is InChI=1S/C18H30N2/c1-3-8-18(16-9-6-5-7-10-16)20-12-11-15(4-2)13-17(20)14-19/h5-7,9-10,15,17-18H,3-4,8,11-14,19H2,1-2H3. The van der Waals surface area contributed by atoms with Crippen LogP contribution >= 0.6 is 0 Å². The molecule has 3 unspecified atom stereocenters. The minimum Gasteiger partial charge on any atom is -0.329 e. The van der Waals surface area contributed by atoms with E-state index < -0.39 is 0 Å². The molecule has 0 spiro atoms. The van der Waals surface area contributed by atoms with Crippen LogP contribution in [0.25, 0.3) is 0 Å². The number of benzene rings is 1. The maximum Gasteiger partial charge on any atom is 0.0351 e. The Morgan fingerprint density at radius 3 is 2.60 bits per heavy atom. The van der Waals surface area contributed by atoms with E-state index >= 15 is 0 Å². The third-order valence-corrected chi connectivity index (χ3v) is 4.87. The van der Waals surface area contributed by atoms with Gasteiger partial charge in [-0.25, -0.2) is 0 Å².